The summed E-state index contributed by atoms with van der Waals surface area (Å²) in [5.74, 6) is 0.906. The molecule has 0 saturated heterocycles. The first-order valence-corrected chi connectivity index (χ1v) is 5.48. The third-order valence-corrected chi connectivity index (χ3v) is 3.11. The lowest BCUT2D eigenvalue weighted by Crippen LogP contribution is -2.06. The summed E-state index contributed by atoms with van der Waals surface area (Å²) in [6, 6.07) is 8.15. The lowest BCUT2D eigenvalue weighted by molar-refractivity contribution is -0.108. The van der Waals surface area contributed by atoms with Gasteiger partial charge in [0, 0.05) is 11.8 Å². The summed E-state index contributed by atoms with van der Waals surface area (Å²) in [6.45, 7) is 2.67. The van der Waals surface area contributed by atoms with Crippen molar-refractivity contribution in [3.05, 3.63) is 29.8 Å². The number of rotatable bonds is 5. The largest absolute Gasteiger partial charge is 0.494 e. The Morgan fingerprint density at radius 3 is 2.47 bits per heavy atom. The molecular weight excluding hydrogens is 188 g/mol. The third kappa shape index (κ3) is 2.04. The van der Waals surface area contributed by atoms with E-state index in [-0.39, 0.29) is 5.41 Å². The van der Waals surface area contributed by atoms with Gasteiger partial charge in [-0.05, 0) is 37.5 Å². The van der Waals surface area contributed by atoms with Gasteiger partial charge in [-0.25, -0.2) is 0 Å². The van der Waals surface area contributed by atoms with Gasteiger partial charge in [-0.1, -0.05) is 12.1 Å². The Hall–Kier alpha value is -1.31. The van der Waals surface area contributed by atoms with E-state index in [1.54, 1.807) is 0 Å². The smallest absolute Gasteiger partial charge is 0.120 e. The van der Waals surface area contributed by atoms with E-state index in [1.807, 2.05) is 19.1 Å². The van der Waals surface area contributed by atoms with Crippen molar-refractivity contribution >= 4 is 6.29 Å². The fourth-order valence-corrected chi connectivity index (χ4v) is 1.99. The third-order valence-electron chi connectivity index (χ3n) is 3.11. The SMILES string of the molecule is CCOc1ccc(C2(CC=O)CC2)cc1. The summed E-state index contributed by atoms with van der Waals surface area (Å²) in [7, 11) is 0. The lowest BCUT2D eigenvalue weighted by atomic mass is 9.93. The van der Waals surface area contributed by atoms with Gasteiger partial charge in [0.15, 0.2) is 0 Å². The van der Waals surface area contributed by atoms with Crippen molar-refractivity contribution in [2.75, 3.05) is 6.61 Å². The number of ether oxygens (including phenoxy) is 1. The van der Waals surface area contributed by atoms with E-state index in [9.17, 15) is 4.79 Å². The van der Waals surface area contributed by atoms with Crippen molar-refractivity contribution in [3.8, 4) is 5.75 Å². The maximum Gasteiger partial charge on any atom is 0.120 e. The maximum absolute atomic E-state index is 10.6. The number of carbonyl (C=O) groups is 1. The molecule has 2 heteroatoms. The Bertz CT molecular complexity index is 336. The summed E-state index contributed by atoms with van der Waals surface area (Å²) in [6.07, 6.45) is 3.96. The molecule has 0 radical (unpaired) electrons. The molecule has 0 aromatic heterocycles. The number of aldehydes is 1. The molecule has 0 unspecified atom stereocenters. The van der Waals surface area contributed by atoms with E-state index in [2.05, 4.69) is 12.1 Å². The molecule has 0 heterocycles. The van der Waals surface area contributed by atoms with E-state index < -0.39 is 0 Å². The molecule has 1 fully saturated rings. The van der Waals surface area contributed by atoms with Gasteiger partial charge in [-0.3, -0.25) is 0 Å². The number of benzene rings is 1. The standard InChI is InChI=1S/C13H16O2/c1-2-15-12-5-3-11(4-6-12)13(7-8-13)9-10-14/h3-6,10H,2,7-9H2,1H3. The van der Waals surface area contributed by atoms with E-state index in [1.165, 1.54) is 5.56 Å². The van der Waals surface area contributed by atoms with Crippen LogP contribution in [0.5, 0.6) is 5.75 Å². The summed E-state index contributed by atoms with van der Waals surface area (Å²) >= 11 is 0. The minimum atomic E-state index is 0.159. The zero-order chi connectivity index (χ0) is 10.7. The molecule has 0 amide bonds. The predicted molar refractivity (Wildman–Crippen MR) is 59.2 cm³/mol. The monoisotopic (exact) mass is 204 g/mol. The van der Waals surface area contributed by atoms with Gasteiger partial charge in [0.1, 0.15) is 12.0 Å². The highest BCUT2D eigenvalue weighted by molar-refractivity contribution is 5.55. The van der Waals surface area contributed by atoms with Crippen LogP contribution in [-0.2, 0) is 10.2 Å². The van der Waals surface area contributed by atoms with Gasteiger partial charge < -0.3 is 9.53 Å². The van der Waals surface area contributed by atoms with Crippen molar-refractivity contribution in [2.24, 2.45) is 0 Å². The second kappa shape index (κ2) is 4.05. The second-order valence-electron chi connectivity index (χ2n) is 4.11. The van der Waals surface area contributed by atoms with Crippen LogP contribution in [0.25, 0.3) is 0 Å². The van der Waals surface area contributed by atoms with Crippen LogP contribution in [0.2, 0.25) is 0 Å². The molecule has 1 aliphatic carbocycles. The lowest BCUT2D eigenvalue weighted by Gasteiger charge is -2.12. The first-order valence-electron chi connectivity index (χ1n) is 5.48. The Kier molecular flexibility index (Phi) is 2.76. The van der Waals surface area contributed by atoms with E-state index >= 15 is 0 Å². The molecule has 1 aromatic rings. The minimum Gasteiger partial charge on any atom is -0.494 e. The Morgan fingerprint density at radius 1 is 1.33 bits per heavy atom. The molecular formula is C13H16O2. The number of carbonyl (C=O) groups excluding carboxylic acids is 1. The van der Waals surface area contributed by atoms with Gasteiger partial charge >= 0.3 is 0 Å². The average Bonchev–Trinajstić information content (AvgIpc) is 3.01. The first kappa shape index (κ1) is 10.2. The summed E-state index contributed by atoms with van der Waals surface area (Å²) in [5.41, 5.74) is 1.44. The highest BCUT2D eigenvalue weighted by Crippen LogP contribution is 2.50. The molecule has 80 valence electrons. The van der Waals surface area contributed by atoms with Gasteiger partial charge in [-0.15, -0.1) is 0 Å². The normalized spacial score (nSPS) is 17.1. The molecule has 2 rings (SSSR count). The highest BCUT2D eigenvalue weighted by atomic mass is 16.5. The van der Waals surface area contributed by atoms with Gasteiger partial charge in [-0.2, -0.15) is 0 Å². The second-order valence-corrected chi connectivity index (χ2v) is 4.11. The van der Waals surface area contributed by atoms with Crippen molar-refractivity contribution in [1.29, 1.82) is 0 Å². The van der Waals surface area contributed by atoms with Crippen molar-refractivity contribution in [2.45, 2.75) is 31.6 Å². The molecule has 0 N–H and O–H groups in total. The minimum absolute atomic E-state index is 0.159. The summed E-state index contributed by atoms with van der Waals surface area (Å²) in [5, 5.41) is 0. The van der Waals surface area contributed by atoms with Gasteiger partial charge in [0.25, 0.3) is 0 Å². The van der Waals surface area contributed by atoms with E-state index in [0.717, 1.165) is 24.9 Å². The van der Waals surface area contributed by atoms with Crippen LogP contribution >= 0.6 is 0 Å². The van der Waals surface area contributed by atoms with Gasteiger partial charge in [0.2, 0.25) is 0 Å². The van der Waals surface area contributed by atoms with Gasteiger partial charge in [0.05, 0.1) is 6.61 Å². The van der Waals surface area contributed by atoms with Crippen molar-refractivity contribution in [3.63, 3.8) is 0 Å². The maximum atomic E-state index is 10.6. The average molecular weight is 204 g/mol. The highest BCUT2D eigenvalue weighted by Gasteiger charge is 2.43. The van der Waals surface area contributed by atoms with E-state index in [4.69, 9.17) is 4.74 Å². The Morgan fingerprint density at radius 2 is 2.00 bits per heavy atom. The van der Waals surface area contributed by atoms with Crippen molar-refractivity contribution < 1.29 is 9.53 Å². The molecule has 15 heavy (non-hydrogen) atoms. The van der Waals surface area contributed by atoms with Crippen molar-refractivity contribution in [1.82, 2.24) is 0 Å². The molecule has 0 bridgehead atoms. The number of hydrogen-bond donors (Lipinski definition) is 0. The Balaban J connectivity index is 2.13. The van der Waals surface area contributed by atoms with Crippen LogP contribution in [0.3, 0.4) is 0 Å². The van der Waals surface area contributed by atoms with E-state index in [0.29, 0.717) is 13.0 Å². The predicted octanol–water partition coefficient (Wildman–Crippen LogP) is 2.71. The summed E-state index contributed by atoms with van der Waals surface area (Å²) < 4.78 is 5.38. The van der Waals surface area contributed by atoms with Crippen LogP contribution in [0.4, 0.5) is 0 Å². The van der Waals surface area contributed by atoms with Crippen LogP contribution in [0, 0.1) is 0 Å². The molecule has 2 nitrogen and oxygen atoms in total. The number of hydrogen-bond acceptors (Lipinski definition) is 2. The molecule has 0 aliphatic heterocycles. The van der Waals surface area contributed by atoms with Crippen LogP contribution in [0.15, 0.2) is 24.3 Å². The first-order chi connectivity index (χ1) is 7.30. The molecule has 0 spiro atoms. The van der Waals surface area contributed by atoms with Crippen LogP contribution in [-0.4, -0.2) is 12.9 Å². The van der Waals surface area contributed by atoms with Crippen LogP contribution < -0.4 is 4.74 Å². The summed E-state index contributed by atoms with van der Waals surface area (Å²) in [4.78, 5) is 10.6. The molecule has 1 aromatic carbocycles. The quantitative estimate of drug-likeness (QED) is 0.689. The fourth-order valence-electron chi connectivity index (χ4n) is 1.99. The fraction of sp³-hybridized carbons (Fsp3) is 0.462. The molecule has 1 aliphatic rings. The zero-order valence-corrected chi connectivity index (χ0v) is 9.03. The van der Waals surface area contributed by atoms with Crippen LogP contribution in [0.1, 0.15) is 31.7 Å². The molecule has 0 atom stereocenters. The molecule has 1 saturated carbocycles. The Labute approximate surface area is 90.3 Å². The topological polar surface area (TPSA) is 26.3 Å². The zero-order valence-electron chi connectivity index (χ0n) is 9.03.